The van der Waals surface area contributed by atoms with Crippen LogP contribution in [0.4, 0.5) is 0 Å². The molecule has 0 saturated carbocycles. The van der Waals surface area contributed by atoms with E-state index in [0.29, 0.717) is 0 Å². The van der Waals surface area contributed by atoms with Crippen molar-refractivity contribution in [3.05, 3.63) is 29.6 Å². The Bertz CT molecular complexity index is 305. The van der Waals surface area contributed by atoms with Gasteiger partial charge in [-0.1, -0.05) is 0 Å². The Morgan fingerprint density at radius 1 is 1.50 bits per heavy atom. The minimum absolute atomic E-state index is 0.192. The fourth-order valence-electron chi connectivity index (χ4n) is 0.674. The van der Waals surface area contributed by atoms with E-state index in [1.165, 1.54) is 6.07 Å². The first-order valence-electron chi connectivity index (χ1n) is 3.02. The van der Waals surface area contributed by atoms with Gasteiger partial charge in [-0.05, 0) is 12.1 Å². The van der Waals surface area contributed by atoms with Crippen LogP contribution in [0, 0.1) is 0 Å². The highest BCUT2D eigenvalue weighted by Crippen LogP contribution is 1.99. The van der Waals surface area contributed by atoms with Gasteiger partial charge in [0, 0.05) is 11.8 Å². The van der Waals surface area contributed by atoms with Gasteiger partial charge >= 0.3 is 5.97 Å². The van der Waals surface area contributed by atoms with E-state index in [2.05, 4.69) is 4.98 Å². The molecule has 0 aliphatic heterocycles. The predicted octanol–water partition coefficient (Wildman–Crippen LogP) is -0.857. The number of nitrogens with zero attached hydrogens (tertiary/aromatic N) is 1. The number of aromatic nitrogens is 1. The molecule has 1 aromatic heterocycles. The number of aromatic carboxylic acids is 2. The summed E-state index contributed by atoms with van der Waals surface area (Å²) in [6.45, 7) is 0. The van der Waals surface area contributed by atoms with Crippen molar-refractivity contribution in [1.82, 2.24) is 4.98 Å². The van der Waals surface area contributed by atoms with Crippen molar-refractivity contribution in [2.75, 3.05) is 0 Å². The largest absolute Gasteiger partial charge is 0.545 e. The van der Waals surface area contributed by atoms with Crippen molar-refractivity contribution in [1.29, 1.82) is 0 Å². The molecule has 0 aliphatic rings. The van der Waals surface area contributed by atoms with E-state index in [0.717, 1.165) is 12.3 Å². The maximum atomic E-state index is 10.3. The molecule has 0 fully saturated rings. The first kappa shape index (κ1) is 8.19. The fourth-order valence-corrected chi connectivity index (χ4v) is 0.674. The molecule has 0 aromatic carbocycles. The lowest BCUT2D eigenvalue weighted by Gasteiger charge is -2.01. The van der Waals surface area contributed by atoms with Gasteiger partial charge in [-0.15, -0.1) is 0 Å². The van der Waals surface area contributed by atoms with Gasteiger partial charge in [-0.3, -0.25) is 0 Å². The molecular weight excluding hydrogens is 162 g/mol. The van der Waals surface area contributed by atoms with E-state index < -0.39 is 11.9 Å². The molecule has 1 aromatic rings. The first-order chi connectivity index (χ1) is 5.61. The predicted molar refractivity (Wildman–Crippen MR) is 35.5 cm³/mol. The highest BCUT2D eigenvalue weighted by atomic mass is 16.4. The third-order valence-corrected chi connectivity index (χ3v) is 1.21. The van der Waals surface area contributed by atoms with Crippen LogP contribution in [0.25, 0.3) is 0 Å². The summed E-state index contributed by atoms with van der Waals surface area (Å²) >= 11 is 0. The SMILES string of the molecule is O=C([O-])c1ccnc(C(=O)O)c1. The Hall–Kier alpha value is -1.91. The molecule has 0 atom stereocenters. The third-order valence-electron chi connectivity index (χ3n) is 1.21. The van der Waals surface area contributed by atoms with Crippen LogP contribution in [0.15, 0.2) is 18.3 Å². The van der Waals surface area contributed by atoms with Crippen molar-refractivity contribution in [3.8, 4) is 0 Å². The molecule has 62 valence electrons. The number of pyridine rings is 1. The van der Waals surface area contributed by atoms with Crippen molar-refractivity contribution in [2.24, 2.45) is 0 Å². The normalized spacial score (nSPS) is 9.33. The van der Waals surface area contributed by atoms with Crippen LogP contribution in [0.1, 0.15) is 20.8 Å². The summed E-state index contributed by atoms with van der Waals surface area (Å²) in [4.78, 5) is 24.0. The fraction of sp³-hybridized carbons (Fsp3) is 0. The van der Waals surface area contributed by atoms with E-state index in [1.54, 1.807) is 0 Å². The highest BCUT2D eigenvalue weighted by molar-refractivity contribution is 5.91. The molecule has 0 bridgehead atoms. The second-order valence-electron chi connectivity index (χ2n) is 2.02. The molecule has 0 saturated heterocycles. The lowest BCUT2D eigenvalue weighted by molar-refractivity contribution is -0.255. The smallest absolute Gasteiger partial charge is 0.354 e. The van der Waals surface area contributed by atoms with Crippen LogP contribution in [0.2, 0.25) is 0 Å². The third kappa shape index (κ3) is 1.57. The molecule has 5 nitrogen and oxygen atoms in total. The molecule has 1 heterocycles. The van der Waals surface area contributed by atoms with Gasteiger partial charge in [0.2, 0.25) is 0 Å². The van der Waals surface area contributed by atoms with Crippen LogP contribution in [0.3, 0.4) is 0 Å². The zero-order valence-corrected chi connectivity index (χ0v) is 5.85. The van der Waals surface area contributed by atoms with Gasteiger partial charge in [0.25, 0.3) is 0 Å². The number of carboxylic acids is 2. The number of hydrogen-bond acceptors (Lipinski definition) is 4. The monoisotopic (exact) mass is 166 g/mol. The summed E-state index contributed by atoms with van der Waals surface area (Å²) in [7, 11) is 0. The zero-order chi connectivity index (χ0) is 9.14. The lowest BCUT2D eigenvalue weighted by atomic mass is 10.2. The molecule has 1 rings (SSSR count). The van der Waals surface area contributed by atoms with E-state index in [4.69, 9.17) is 5.11 Å². The minimum Gasteiger partial charge on any atom is -0.545 e. The Balaban J connectivity index is 3.12. The van der Waals surface area contributed by atoms with Crippen molar-refractivity contribution >= 4 is 11.9 Å². The van der Waals surface area contributed by atoms with Gasteiger partial charge in [-0.25, -0.2) is 9.78 Å². The van der Waals surface area contributed by atoms with Crippen LogP contribution >= 0.6 is 0 Å². The Kier molecular flexibility index (Phi) is 2.05. The maximum absolute atomic E-state index is 10.3. The first-order valence-corrected chi connectivity index (χ1v) is 3.02. The minimum atomic E-state index is -1.42. The summed E-state index contributed by atoms with van der Waals surface area (Å²) in [5.74, 6) is -2.68. The van der Waals surface area contributed by atoms with Gasteiger partial charge in [0.05, 0.1) is 5.97 Å². The number of hydrogen-bond donors (Lipinski definition) is 1. The van der Waals surface area contributed by atoms with E-state index in [-0.39, 0.29) is 11.3 Å². The summed E-state index contributed by atoms with van der Waals surface area (Å²) < 4.78 is 0. The Morgan fingerprint density at radius 2 is 2.17 bits per heavy atom. The molecule has 0 spiro atoms. The number of rotatable bonds is 2. The number of carbonyl (C=O) groups is 2. The topological polar surface area (TPSA) is 90.3 Å². The maximum Gasteiger partial charge on any atom is 0.354 e. The molecule has 5 heteroatoms. The highest BCUT2D eigenvalue weighted by Gasteiger charge is 2.04. The molecule has 12 heavy (non-hydrogen) atoms. The summed E-state index contributed by atoms with van der Waals surface area (Å²) in [6.07, 6.45) is 1.11. The van der Waals surface area contributed by atoms with Gasteiger partial charge in [-0.2, -0.15) is 0 Å². The van der Waals surface area contributed by atoms with Gasteiger partial charge in [0.1, 0.15) is 5.69 Å². The van der Waals surface area contributed by atoms with E-state index in [9.17, 15) is 14.7 Å². The summed E-state index contributed by atoms with van der Waals surface area (Å²) in [6, 6.07) is 2.11. The number of carboxylic acid groups (broad SMARTS) is 2. The second-order valence-corrected chi connectivity index (χ2v) is 2.02. The molecule has 0 amide bonds. The van der Waals surface area contributed by atoms with Crippen molar-refractivity contribution in [3.63, 3.8) is 0 Å². The summed E-state index contributed by atoms with van der Waals surface area (Å²) in [5.41, 5.74) is -0.501. The Labute approximate surface area is 67.3 Å². The average molecular weight is 166 g/mol. The summed E-state index contributed by atoms with van der Waals surface area (Å²) in [5, 5.41) is 18.7. The number of carbonyl (C=O) groups excluding carboxylic acids is 1. The Morgan fingerprint density at radius 3 is 2.67 bits per heavy atom. The van der Waals surface area contributed by atoms with Crippen LogP contribution < -0.4 is 5.11 Å². The quantitative estimate of drug-likeness (QED) is 0.617. The van der Waals surface area contributed by atoms with Gasteiger partial charge < -0.3 is 15.0 Å². The molecule has 0 radical (unpaired) electrons. The molecule has 1 N–H and O–H groups in total. The standard InChI is InChI=1S/C7H5NO4/c9-6(10)4-1-2-8-5(3-4)7(11)12/h1-3H,(H,9,10)(H,11,12)/p-1. The van der Waals surface area contributed by atoms with E-state index >= 15 is 0 Å². The molecular formula is C7H4NO4-. The van der Waals surface area contributed by atoms with Crippen molar-refractivity contribution < 1.29 is 19.8 Å². The van der Waals surface area contributed by atoms with Crippen molar-refractivity contribution in [2.45, 2.75) is 0 Å². The zero-order valence-electron chi connectivity index (χ0n) is 5.85. The molecule has 0 aliphatic carbocycles. The van der Waals surface area contributed by atoms with Gasteiger partial charge in [0.15, 0.2) is 0 Å². The van der Waals surface area contributed by atoms with E-state index in [1.807, 2.05) is 0 Å². The average Bonchev–Trinajstić information content (AvgIpc) is 2.04. The second kappa shape index (κ2) is 3.00. The molecule has 0 unspecified atom stereocenters. The van der Waals surface area contributed by atoms with Crippen LogP contribution in [0.5, 0.6) is 0 Å². The van der Waals surface area contributed by atoms with Crippen LogP contribution in [-0.4, -0.2) is 22.0 Å². The van der Waals surface area contributed by atoms with Crippen LogP contribution in [-0.2, 0) is 0 Å². The lowest BCUT2D eigenvalue weighted by Crippen LogP contribution is -2.22.